The molecule has 0 bridgehead atoms. The lowest BCUT2D eigenvalue weighted by Gasteiger charge is -2.19. The first-order valence-corrected chi connectivity index (χ1v) is 8.33. The van der Waals surface area contributed by atoms with Crippen LogP contribution in [0.5, 0.6) is 0 Å². The van der Waals surface area contributed by atoms with E-state index in [4.69, 9.17) is 4.74 Å². The van der Waals surface area contributed by atoms with Crippen LogP contribution in [0.25, 0.3) is 0 Å². The predicted molar refractivity (Wildman–Crippen MR) is 69.5 cm³/mol. The van der Waals surface area contributed by atoms with Gasteiger partial charge in [0.15, 0.2) is 5.94 Å². The van der Waals surface area contributed by atoms with Gasteiger partial charge in [-0.3, -0.25) is 0 Å². The van der Waals surface area contributed by atoms with Crippen LogP contribution in [0.4, 0.5) is 4.79 Å². The van der Waals surface area contributed by atoms with E-state index in [1.54, 1.807) is 6.92 Å². The summed E-state index contributed by atoms with van der Waals surface area (Å²) in [5.41, 5.74) is 0. The number of hydrogen-bond acceptors (Lipinski definition) is 6. The highest BCUT2D eigenvalue weighted by Gasteiger charge is 2.32. The summed E-state index contributed by atoms with van der Waals surface area (Å²) in [4.78, 5) is 10.9. The second-order valence-corrected chi connectivity index (χ2v) is 7.45. The van der Waals surface area contributed by atoms with Crippen molar-refractivity contribution < 1.29 is 22.7 Å². The monoisotopic (exact) mass is 297 g/mol. The van der Waals surface area contributed by atoms with Crippen molar-refractivity contribution in [2.75, 3.05) is 19.6 Å². The topological polar surface area (TPSA) is 72.9 Å². The maximum absolute atomic E-state index is 12.1. The van der Waals surface area contributed by atoms with Crippen LogP contribution < -0.4 is 0 Å². The Morgan fingerprint density at radius 1 is 1.33 bits per heavy atom. The molecule has 0 N–H and O–H groups in total. The van der Waals surface area contributed by atoms with E-state index in [1.807, 2.05) is 0 Å². The molecule has 8 heteroatoms. The minimum absolute atomic E-state index is 0.0682. The molecule has 1 saturated carbocycles. The Balaban J connectivity index is 2.35. The first kappa shape index (κ1) is 15.6. The van der Waals surface area contributed by atoms with Crippen LogP contribution in [0.1, 0.15) is 32.6 Å². The third kappa shape index (κ3) is 4.33. The fourth-order valence-corrected chi connectivity index (χ4v) is 4.51. The Morgan fingerprint density at radius 3 is 2.50 bits per heavy atom. The van der Waals surface area contributed by atoms with Crippen LogP contribution in [0.2, 0.25) is 0 Å². The molecule has 6 nitrogen and oxygen atoms in total. The van der Waals surface area contributed by atoms with Gasteiger partial charge in [-0.15, -0.1) is 3.71 Å². The minimum Gasteiger partial charge on any atom is -0.435 e. The Hall–Kier alpha value is -0.470. The average molecular weight is 297 g/mol. The zero-order valence-corrected chi connectivity index (χ0v) is 12.3. The molecular formula is C10H19NO5S2. The normalized spacial score (nSPS) is 17.1. The molecule has 0 amide bonds. The maximum atomic E-state index is 12.1. The predicted octanol–water partition coefficient (Wildman–Crippen LogP) is 1.97. The highest BCUT2D eigenvalue weighted by molar-refractivity contribution is 8.08. The molecule has 0 aromatic carbocycles. The van der Waals surface area contributed by atoms with Gasteiger partial charge in [0.2, 0.25) is 10.0 Å². The van der Waals surface area contributed by atoms with Gasteiger partial charge in [-0.2, -0.15) is 0 Å². The molecule has 106 valence electrons. The van der Waals surface area contributed by atoms with Gasteiger partial charge in [0.05, 0.1) is 11.9 Å². The van der Waals surface area contributed by atoms with Gasteiger partial charge in [-0.05, 0) is 31.7 Å². The van der Waals surface area contributed by atoms with E-state index >= 15 is 0 Å². The van der Waals surface area contributed by atoms with E-state index in [9.17, 15) is 13.2 Å². The Labute approximate surface area is 112 Å². The lowest BCUT2D eigenvalue weighted by atomic mass is 10.4. The van der Waals surface area contributed by atoms with Gasteiger partial charge in [0, 0.05) is 7.05 Å². The van der Waals surface area contributed by atoms with Crippen LogP contribution in [0, 0.1) is 0 Å². The van der Waals surface area contributed by atoms with Gasteiger partial charge in [-0.25, -0.2) is 13.2 Å². The van der Waals surface area contributed by atoms with Gasteiger partial charge < -0.3 is 9.47 Å². The molecule has 1 aliphatic carbocycles. The van der Waals surface area contributed by atoms with Crippen LogP contribution in [-0.4, -0.2) is 43.1 Å². The molecule has 0 heterocycles. The number of carbonyl (C=O) groups is 1. The molecule has 1 rings (SSSR count). The van der Waals surface area contributed by atoms with Gasteiger partial charge in [0.1, 0.15) is 0 Å². The van der Waals surface area contributed by atoms with E-state index in [0.717, 1.165) is 24.8 Å². The summed E-state index contributed by atoms with van der Waals surface area (Å²) in [5, 5.41) is -0.294. The summed E-state index contributed by atoms with van der Waals surface area (Å²) >= 11 is 0.947. The molecular weight excluding hydrogens is 278 g/mol. The fourth-order valence-electron chi connectivity index (χ4n) is 1.78. The summed E-state index contributed by atoms with van der Waals surface area (Å²) < 4.78 is 34.6. The molecule has 18 heavy (non-hydrogen) atoms. The standard InChI is InChI=1S/C10H19NO5S2/c1-3-15-10(12)16-8-17-11(2)18(13,14)9-6-4-5-7-9/h9H,3-8H2,1-2H3. The zero-order chi connectivity index (χ0) is 13.6. The number of carbonyl (C=O) groups excluding carboxylic acids is 1. The molecule has 0 unspecified atom stereocenters. The van der Waals surface area contributed by atoms with Crippen LogP contribution in [0.15, 0.2) is 0 Å². The first-order valence-electron chi connectivity index (χ1n) is 5.88. The van der Waals surface area contributed by atoms with Crippen molar-refractivity contribution in [3.8, 4) is 0 Å². The van der Waals surface area contributed by atoms with Crippen molar-refractivity contribution in [2.24, 2.45) is 0 Å². The molecule has 0 aromatic heterocycles. The third-order valence-electron chi connectivity index (χ3n) is 2.76. The smallest absolute Gasteiger partial charge is 0.435 e. The lowest BCUT2D eigenvalue weighted by Crippen LogP contribution is -2.30. The Bertz CT molecular complexity index is 364. The summed E-state index contributed by atoms with van der Waals surface area (Å²) in [6.45, 7) is 1.91. The van der Waals surface area contributed by atoms with Crippen molar-refractivity contribution in [2.45, 2.75) is 37.9 Å². The largest absolute Gasteiger partial charge is 0.509 e. The number of hydrogen-bond donors (Lipinski definition) is 0. The van der Waals surface area contributed by atoms with E-state index in [2.05, 4.69) is 4.74 Å². The molecule has 0 saturated heterocycles. The van der Waals surface area contributed by atoms with Crippen molar-refractivity contribution in [1.82, 2.24) is 3.71 Å². The fraction of sp³-hybridized carbons (Fsp3) is 0.900. The highest BCUT2D eigenvalue weighted by atomic mass is 32.3. The van der Waals surface area contributed by atoms with Crippen molar-refractivity contribution in [3.05, 3.63) is 0 Å². The number of sulfonamides is 1. The van der Waals surface area contributed by atoms with Crippen molar-refractivity contribution in [3.63, 3.8) is 0 Å². The number of rotatable bonds is 6. The molecule has 0 radical (unpaired) electrons. The van der Waals surface area contributed by atoms with Crippen molar-refractivity contribution >= 4 is 28.1 Å². The number of ether oxygens (including phenoxy) is 2. The summed E-state index contributed by atoms with van der Waals surface area (Å²) in [5.74, 6) is -0.0682. The summed E-state index contributed by atoms with van der Waals surface area (Å²) in [7, 11) is -1.81. The second kappa shape index (κ2) is 7.20. The van der Waals surface area contributed by atoms with Crippen LogP contribution in [0.3, 0.4) is 0 Å². The van der Waals surface area contributed by atoms with Gasteiger partial charge in [0.25, 0.3) is 0 Å². The van der Waals surface area contributed by atoms with E-state index in [0.29, 0.717) is 12.8 Å². The highest BCUT2D eigenvalue weighted by Crippen LogP contribution is 2.29. The number of nitrogens with zero attached hydrogens (tertiary/aromatic N) is 1. The average Bonchev–Trinajstić information content (AvgIpc) is 2.83. The summed E-state index contributed by atoms with van der Waals surface area (Å²) in [6.07, 6.45) is 2.57. The maximum Gasteiger partial charge on any atom is 0.509 e. The van der Waals surface area contributed by atoms with Crippen LogP contribution >= 0.6 is 11.9 Å². The van der Waals surface area contributed by atoms with E-state index in [1.165, 1.54) is 10.8 Å². The first-order chi connectivity index (χ1) is 8.48. The van der Waals surface area contributed by atoms with E-state index < -0.39 is 16.2 Å². The molecule has 0 aliphatic heterocycles. The van der Waals surface area contributed by atoms with Gasteiger partial charge in [-0.1, -0.05) is 12.8 Å². The summed E-state index contributed by atoms with van der Waals surface area (Å²) in [6, 6.07) is 0. The quantitative estimate of drug-likeness (QED) is 0.424. The molecule has 1 aliphatic rings. The molecule has 0 aromatic rings. The Morgan fingerprint density at radius 2 is 1.94 bits per heavy atom. The lowest BCUT2D eigenvalue weighted by molar-refractivity contribution is 0.0727. The Kier molecular flexibility index (Phi) is 6.24. The van der Waals surface area contributed by atoms with Crippen LogP contribution in [-0.2, 0) is 19.5 Å². The second-order valence-electron chi connectivity index (χ2n) is 3.94. The van der Waals surface area contributed by atoms with Gasteiger partial charge >= 0.3 is 6.16 Å². The van der Waals surface area contributed by atoms with Crippen molar-refractivity contribution in [1.29, 1.82) is 0 Å². The minimum atomic E-state index is -3.28. The molecule has 0 spiro atoms. The van der Waals surface area contributed by atoms with E-state index in [-0.39, 0.29) is 17.8 Å². The molecule has 0 atom stereocenters. The third-order valence-corrected chi connectivity index (χ3v) is 6.31. The zero-order valence-electron chi connectivity index (χ0n) is 10.6. The molecule has 1 fully saturated rings. The SMILES string of the molecule is CCOC(=O)OCSN(C)S(=O)(=O)C1CCCC1.